The summed E-state index contributed by atoms with van der Waals surface area (Å²) in [4.78, 5) is 14.3. The molecule has 11 heteroatoms. The van der Waals surface area contributed by atoms with Crippen LogP contribution < -0.4 is 15.5 Å². The molecular weight excluding hydrogens is 437 g/mol. The van der Waals surface area contributed by atoms with Crippen LogP contribution in [0.2, 0.25) is 0 Å². The number of carbonyl (C=O) groups excluding carboxylic acids is 1. The fourth-order valence-electron chi connectivity index (χ4n) is 4.07. The SMILES string of the molecule is Cc1c(C(=O)NC2CCN(c3c(F)cccc3F)C2)nnn1C1CCNCC1.Cl.Cl. The number of nitrogens with zero attached hydrogens (tertiary/aromatic N) is 4. The number of halogens is 4. The molecule has 2 N–H and O–H groups in total. The normalized spacial score (nSPS) is 19.2. The van der Waals surface area contributed by atoms with Crippen molar-refractivity contribution in [3.63, 3.8) is 0 Å². The third kappa shape index (κ3) is 4.84. The van der Waals surface area contributed by atoms with Gasteiger partial charge in [-0.1, -0.05) is 11.3 Å². The van der Waals surface area contributed by atoms with Crippen molar-refractivity contribution >= 4 is 36.4 Å². The topological polar surface area (TPSA) is 75.1 Å². The zero-order chi connectivity index (χ0) is 19.7. The standard InChI is InChI=1S/C19H24F2N6O.2ClH/c1-12-17(24-25-27(12)14-5-8-22-9-6-14)19(28)23-13-7-10-26(11-13)18-15(20)3-2-4-16(18)21;;/h2-4,13-14,22H,5-11H2,1H3,(H,23,28);2*1H. The van der Waals surface area contributed by atoms with Crippen molar-refractivity contribution in [3.8, 4) is 0 Å². The molecule has 0 radical (unpaired) electrons. The molecule has 3 heterocycles. The van der Waals surface area contributed by atoms with E-state index in [2.05, 4.69) is 20.9 Å². The van der Waals surface area contributed by atoms with Crippen LogP contribution in [0.25, 0.3) is 0 Å². The third-order valence-electron chi connectivity index (χ3n) is 5.57. The molecule has 1 aromatic heterocycles. The summed E-state index contributed by atoms with van der Waals surface area (Å²) in [6, 6.07) is 3.88. The van der Waals surface area contributed by atoms with Gasteiger partial charge in [-0.15, -0.1) is 29.9 Å². The Morgan fingerprint density at radius 1 is 1.17 bits per heavy atom. The molecule has 0 saturated carbocycles. The predicted octanol–water partition coefficient (Wildman–Crippen LogP) is 2.64. The summed E-state index contributed by atoms with van der Waals surface area (Å²) < 4.78 is 29.8. The lowest BCUT2D eigenvalue weighted by Gasteiger charge is -2.23. The molecule has 1 amide bonds. The van der Waals surface area contributed by atoms with Crippen LogP contribution in [0.3, 0.4) is 0 Å². The monoisotopic (exact) mass is 462 g/mol. The highest BCUT2D eigenvalue weighted by Crippen LogP contribution is 2.27. The number of hydrogen-bond donors (Lipinski definition) is 2. The fourth-order valence-corrected chi connectivity index (χ4v) is 4.07. The first-order chi connectivity index (χ1) is 13.5. The number of nitrogens with one attached hydrogen (secondary N) is 2. The fraction of sp³-hybridized carbons (Fsp3) is 0.526. The van der Waals surface area contributed by atoms with Crippen molar-refractivity contribution in [2.45, 2.75) is 38.3 Å². The Hall–Kier alpha value is -1.97. The van der Waals surface area contributed by atoms with Crippen LogP contribution in [-0.4, -0.2) is 53.1 Å². The second-order valence-corrected chi connectivity index (χ2v) is 7.42. The summed E-state index contributed by atoms with van der Waals surface area (Å²) in [5.74, 6) is -1.47. The second kappa shape index (κ2) is 10.4. The highest BCUT2D eigenvalue weighted by atomic mass is 35.5. The number of benzene rings is 1. The number of carbonyl (C=O) groups is 1. The van der Waals surface area contributed by atoms with Crippen molar-refractivity contribution in [1.29, 1.82) is 0 Å². The van der Waals surface area contributed by atoms with E-state index in [1.807, 2.05) is 11.6 Å². The molecule has 1 atom stereocenters. The van der Waals surface area contributed by atoms with Crippen LogP contribution >= 0.6 is 24.8 Å². The molecule has 2 aliphatic heterocycles. The molecule has 2 saturated heterocycles. The van der Waals surface area contributed by atoms with Gasteiger partial charge in [0, 0.05) is 19.1 Å². The van der Waals surface area contributed by atoms with E-state index in [0.29, 0.717) is 25.2 Å². The average molecular weight is 463 g/mol. The Balaban J connectivity index is 0.00000160. The molecule has 1 unspecified atom stereocenters. The number of para-hydroxylation sites is 1. The third-order valence-corrected chi connectivity index (χ3v) is 5.57. The maximum absolute atomic E-state index is 14.0. The van der Waals surface area contributed by atoms with Gasteiger partial charge in [0.15, 0.2) is 5.69 Å². The quantitative estimate of drug-likeness (QED) is 0.730. The van der Waals surface area contributed by atoms with Crippen molar-refractivity contribution in [1.82, 2.24) is 25.6 Å². The number of anilines is 1. The van der Waals surface area contributed by atoms with Crippen molar-refractivity contribution in [2.75, 3.05) is 31.1 Å². The molecule has 1 aromatic carbocycles. The number of rotatable bonds is 4. The Bertz CT molecular complexity index is 854. The van der Waals surface area contributed by atoms with Gasteiger partial charge in [-0.3, -0.25) is 4.79 Å². The van der Waals surface area contributed by atoms with E-state index in [4.69, 9.17) is 0 Å². The largest absolute Gasteiger partial charge is 0.365 e. The number of aromatic nitrogens is 3. The number of piperidine rings is 1. The Morgan fingerprint density at radius 3 is 2.50 bits per heavy atom. The summed E-state index contributed by atoms with van der Waals surface area (Å²) in [5.41, 5.74) is 1.03. The van der Waals surface area contributed by atoms with E-state index in [0.717, 1.165) is 31.6 Å². The average Bonchev–Trinajstić information content (AvgIpc) is 3.29. The van der Waals surface area contributed by atoms with Crippen molar-refractivity contribution in [2.24, 2.45) is 0 Å². The lowest BCUT2D eigenvalue weighted by atomic mass is 10.1. The second-order valence-electron chi connectivity index (χ2n) is 7.42. The van der Waals surface area contributed by atoms with Gasteiger partial charge in [-0.25, -0.2) is 13.5 Å². The molecule has 7 nitrogen and oxygen atoms in total. The Kier molecular flexibility index (Phi) is 8.40. The predicted molar refractivity (Wildman–Crippen MR) is 115 cm³/mol. The van der Waals surface area contributed by atoms with E-state index in [1.54, 1.807) is 4.90 Å². The van der Waals surface area contributed by atoms with E-state index >= 15 is 0 Å². The van der Waals surface area contributed by atoms with Crippen LogP contribution in [0.4, 0.5) is 14.5 Å². The van der Waals surface area contributed by atoms with Gasteiger partial charge in [0.2, 0.25) is 0 Å². The van der Waals surface area contributed by atoms with Gasteiger partial charge in [-0.2, -0.15) is 0 Å². The van der Waals surface area contributed by atoms with Crippen molar-refractivity contribution < 1.29 is 13.6 Å². The van der Waals surface area contributed by atoms with E-state index in [9.17, 15) is 13.6 Å². The summed E-state index contributed by atoms with van der Waals surface area (Å²) in [6.45, 7) is 4.53. The van der Waals surface area contributed by atoms with Crippen LogP contribution in [0, 0.1) is 18.6 Å². The molecule has 0 aliphatic carbocycles. The lowest BCUT2D eigenvalue weighted by molar-refractivity contribution is 0.0934. The Morgan fingerprint density at radius 2 is 1.83 bits per heavy atom. The maximum atomic E-state index is 14.0. The zero-order valence-electron chi connectivity index (χ0n) is 16.6. The zero-order valence-corrected chi connectivity index (χ0v) is 18.2. The van der Waals surface area contributed by atoms with E-state index < -0.39 is 11.6 Å². The van der Waals surface area contributed by atoms with Gasteiger partial charge in [-0.05, 0) is 51.4 Å². The first-order valence-corrected chi connectivity index (χ1v) is 9.67. The summed E-state index contributed by atoms with van der Waals surface area (Å²) in [6.07, 6.45) is 2.52. The molecule has 30 heavy (non-hydrogen) atoms. The lowest BCUT2D eigenvalue weighted by Crippen LogP contribution is -2.38. The van der Waals surface area contributed by atoms with Gasteiger partial charge in [0.05, 0.1) is 11.7 Å². The van der Waals surface area contributed by atoms with Crippen LogP contribution in [0.1, 0.15) is 41.5 Å². The van der Waals surface area contributed by atoms with Gasteiger partial charge < -0.3 is 15.5 Å². The van der Waals surface area contributed by atoms with Gasteiger partial charge in [0.1, 0.15) is 17.3 Å². The summed E-state index contributed by atoms with van der Waals surface area (Å²) in [7, 11) is 0. The Labute approximate surface area is 186 Å². The minimum atomic E-state index is -0.590. The highest BCUT2D eigenvalue weighted by molar-refractivity contribution is 5.93. The van der Waals surface area contributed by atoms with E-state index in [1.165, 1.54) is 18.2 Å². The van der Waals surface area contributed by atoms with Crippen LogP contribution in [0.15, 0.2) is 18.2 Å². The molecule has 2 fully saturated rings. The van der Waals surface area contributed by atoms with E-state index in [-0.39, 0.29) is 48.5 Å². The number of amides is 1. The first-order valence-electron chi connectivity index (χ1n) is 9.67. The molecule has 0 bridgehead atoms. The molecule has 4 rings (SSSR count). The van der Waals surface area contributed by atoms with Crippen LogP contribution in [0.5, 0.6) is 0 Å². The van der Waals surface area contributed by atoms with Gasteiger partial charge >= 0.3 is 0 Å². The minimum absolute atomic E-state index is 0. The molecule has 0 spiro atoms. The number of hydrogen-bond acceptors (Lipinski definition) is 5. The minimum Gasteiger partial charge on any atom is -0.365 e. The molecule has 2 aliphatic rings. The maximum Gasteiger partial charge on any atom is 0.274 e. The van der Waals surface area contributed by atoms with Gasteiger partial charge in [0.25, 0.3) is 5.91 Å². The first kappa shape index (κ1) is 24.3. The van der Waals surface area contributed by atoms with Crippen molar-refractivity contribution in [3.05, 3.63) is 41.2 Å². The highest BCUT2D eigenvalue weighted by Gasteiger charge is 2.30. The summed E-state index contributed by atoms with van der Waals surface area (Å²) >= 11 is 0. The molecule has 2 aromatic rings. The summed E-state index contributed by atoms with van der Waals surface area (Å²) in [5, 5.41) is 14.5. The molecule has 166 valence electrons. The van der Waals surface area contributed by atoms with Crippen LogP contribution in [-0.2, 0) is 0 Å². The molecular formula is C19H26Cl2F2N6O. The smallest absolute Gasteiger partial charge is 0.274 e.